The van der Waals surface area contributed by atoms with Gasteiger partial charge in [0.2, 0.25) is 5.91 Å². The van der Waals surface area contributed by atoms with Crippen molar-refractivity contribution in [3.8, 4) is 5.75 Å². The second-order valence-corrected chi connectivity index (χ2v) is 6.87. The lowest BCUT2D eigenvalue weighted by molar-refractivity contribution is -0.116. The van der Waals surface area contributed by atoms with Crippen LogP contribution in [-0.2, 0) is 11.2 Å². The molecule has 3 heterocycles. The molecule has 0 radical (unpaired) electrons. The van der Waals surface area contributed by atoms with E-state index in [0.29, 0.717) is 18.9 Å². The Kier molecular flexibility index (Phi) is 4.70. The number of hydrogen-bond acceptors (Lipinski definition) is 4. The average molecular weight is 340 g/mol. The summed E-state index contributed by atoms with van der Waals surface area (Å²) < 4.78 is 5.95. The van der Waals surface area contributed by atoms with Gasteiger partial charge in [-0.2, -0.15) is 5.10 Å². The van der Waals surface area contributed by atoms with Gasteiger partial charge in [0.1, 0.15) is 12.4 Å². The van der Waals surface area contributed by atoms with E-state index in [4.69, 9.17) is 4.74 Å². The van der Waals surface area contributed by atoms with E-state index < -0.39 is 0 Å². The Bertz CT molecular complexity index is 729. The Morgan fingerprint density at radius 3 is 3.12 bits per heavy atom. The molecule has 6 nitrogen and oxygen atoms in total. The Morgan fingerprint density at radius 1 is 1.28 bits per heavy atom. The molecular weight excluding hydrogens is 316 g/mol. The van der Waals surface area contributed by atoms with Gasteiger partial charge in [-0.05, 0) is 55.6 Å². The Balaban J connectivity index is 1.28. The van der Waals surface area contributed by atoms with Crippen LogP contribution in [0.4, 0.5) is 5.69 Å². The molecule has 1 aromatic heterocycles. The van der Waals surface area contributed by atoms with E-state index in [9.17, 15) is 4.79 Å². The number of anilines is 1. The molecule has 1 aromatic carbocycles. The van der Waals surface area contributed by atoms with Gasteiger partial charge in [-0.3, -0.25) is 14.8 Å². The molecule has 2 aromatic rings. The number of amides is 1. The van der Waals surface area contributed by atoms with Crippen LogP contribution >= 0.6 is 0 Å². The van der Waals surface area contributed by atoms with Gasteiger partial charge >= 0.3 is 0 Å². The number of ether oxygens (including phenoxy) is 1. The van der Waals surface area contributed by atoms with E-state index in [1.165, 1.54) is 18.5 Å². The number of piperidine rings is 1. The molecule has 4 rings (SSSR count). The number of nitrogens with one attached hydrogen (secondary N) is 2. The smallest absolute Gasteiger partial charge is 0.224 e. The van der Waals surface area contributed by atoms with Gasteiger partial charge in [-0.1, -0.05) is 0 Å². The minimum absolute atomic E-state index is 0.0955. The summed E-state index contributed by atoms with van der Waals surface area (Å²) in [6.45, 7) is 3.80. The zero-order valence-corrected chi connectivity index (χ0v) is 14.3. The first-order valence-electron chi connectivity index (χ1n) is 9.05. The van der Waals surface area contributed by atoms with Crippen LogP contribution in [0.25, 0.3) is 0 Å². The van der Waals surface area contributed by atoms with Crippen molar-refractivity contribution in [3.63, 3.8) is 0 Å². The summed E-state index contributed by atoms with van der Waals surface area (Å²) in [7, 11) is 0. The topological polar surface area (TPSA) is 70.2 Å². The first-order valence-corrected chi connectivity index (χ1v) is 9.05. The molecule has 25 heavy (non-hydrogen) atoms. The van der Waals surface area contributed by atoms with Crippen molar-refractivity contribution >= 4 is 11.6 Å². The summed E-state index contributed by atoms with van der Waals surface area (Å²) in [5.74, 6) is 1.53. The Hall–Kier alpha value is -2.34. The number of carbonyl (C=O) groups excluding carboxylic acids is 1. The number of hydrogen-bond donors (Lipinski definition) is 2. The van der Waals surface area contributed by atoms with Crippen LogP contribution in [0.1, 0.15) is 36.4 Å². The SMILES string of the molecule is O=C1CCc2cc(OCCN3CCC[C@@H](c4ccn[nH]4)C3)ccc2N1. The molecular formula is C19H24N4O2. The molecule has 2 N–H and O–H groups in total. The highest BCUT2D eigenvalue weighted by molar-refractivity contribution is 5.93. The lowest BCUT2D eigenvalue weighted by Crippen LogP contribution is -2.37. The molecule has 1 saturated heterocycles. The van der Waals surface area contributed by atoms with Crippen molar-refractivity contribution in [2.75, 3.05) is 31.6 Å². The molecule has 0 aliphatic carbocycles. The molecule has 2 aliphatic heterocycles. The average Bonchev–Trinajstić information content (AvgIpc) is 3.17. The van der Waals surface area contributed by atoms with Crippen molar-refractivity contribution in [3.05, 3.63) is 41.7 Å². The third-order valence-corrected chi connectivity index (χ3v) is 5.12. The van der Waals surface area contributed by atoms with Gasteiger partial charge in [-0.25, -0.2) is 0 Å². The van der Waals surface area contributed by atoms with Gasteiger partial charge in [0.15, 0.2) is 0 Å². The molecule has 0 unspecified atom stereocenters. The fraction of sp³-hybridized carbons (Fsp3) is 0.474. The maximum absolute atomic E-state index is 11.4. The zero-order valence-electron chi connectivity index (χ0n) is 14.3. The summed E-state index contributed by atoms with van der Waals surface area (Å²) in [5, 5.41) is 10.1. The number of aryl methyl sites for hydroxylation is 1. The highest BCUT2D eigenvalue weighted by atomic mass is 16.5. The van der Waals surface area contributed by atoms with E-state index in [1.807, 2.05) is 18.3 Å². The van der Waals surface area contributed by atoms with Gasteiger partial charge in [-0.15, -0.1) is 0 Å². The maximum atomic E-state index is 11.4. The largest absolute Gasteiger partial charge is 0.492 e. The number of benzene rings is 1. The zero-order chi connectivity index (χ0) is 17.1. The third-order valence-electron chi connectivity index (χ3n) is 5.12. The van der Waals surface area contributed by atoms with Crippen LogP contribution in [-0.4, -0.2) is 47.2 Å². The third kappa shape index (κ3) is 3.85. The first kappa shape index (κ1) is 16.1. The monoisotopic (exact) mass is 340 g/mol. The van der Waals surface area contributed by atoms with E-state index in [2.05, 4.69) is 32.5 Å². The summed E-state index contributed by atoms with van der Waals surface area (Å²) in [6, 6.07) is 8.01. The molecule has 0 spiro atoms. The lowest BCUT2D eigenvalue weighted by atomic mass is 9.95. The van der Waals surface area contributed by atoms with Crippen molar-refractivity contribution in [2.24, 2.45) is 0 Å². The second-order valence-electron chi connectivity index (χ2n) is 6.87. The number of aromatic amines is 1. The molecule has 2 aliphatic rings. The summed E-state index contributed by atoms with van der Waals surface area (Å²) in [5.41, 5.74) is 3.32. The molecule has 0 saturated carbocycles. The van der Waals surface area contributed by atoms with E-state index in [-0.39, 0.29) is 5.91 Å². The maximum Gasteiger partial charge on any atom is 0.224 e. The molecule has 0 bridgehead atoms. The number of fused-ring (bicyclic) bond motifs is 1. The van der Waals surface area contributed by atoms with Gasteiger partial charge in [0, 0.05) is 43.0 Å². The van der Waals surface area contributed by atoms with Crippen LogP contribution in [0.2, 0.25) is 0 Å². The summed E-state index contributed by atoms with van der Waals surface area (Å²) in [4.78, 5) is 13.9. The van der Waals surface area contributed by atoms with Crippen molar-refractivity contribution in [1.82, 2.24) is 15.1 Å². The van der Waals surface area contributed by atoms with Crippen LogP contribution < -0.4 is 10.1 Å². The number of nitrogens with zero attached hydrogens (tertiary/aromatic N) is 2. The number of likely N-dealkylation sites (tertiary alicyclic amines) is 1. The molecule has 1 atom stereocenters. The highest BCUT2D eigenvalue weighted by Gasteiger charge is 2.22. The standard InChI is InChI=1S/C19H24N4O2/c24-19-6-3-14-12-16(4-5-17(14)21-19)25-11-10-23-9-1-2-15(13-23)18-7-8-20-22-18/h4-5,7-8,12,15H,1-3,6,9-11,13H2,(H,20,22)(H,21,24)/t15-/m1/s1. The number of H-pyrrole nitrogens is 1. The molecule has 6 heteroatoms. The lowest BCUT2D eigenvalue weighted by Gasteiger charge is -2.32. The van der Waals surface area contributed by atoms with Crippen molar-refractivity contribution in [1.29, 1.82) is 0 Å². The van der Waals surface area contributed by atoms with Gasteiger partial charge in [0.25, 0.3) is 0 Å². The predicted octanol–water partition coefficient (Wildman–Crippen LogP) is 2.55. The minimum atomic E-state index is 0.0955. The van der Waals surface area contributed by atoms with Crippen LogP contribution in [0.3, 0.4) is 0 Å². The van der Waals surface area contributed by atoms with E-state index in [1.54, 1.807) is 0 Å². The number of aromatic nitrogens is 2. The van der Waals surface area contributed by atoms with E-state index >= 15 is 0 Å². The van der Waals surface area contributed by atoms with Gasteiger partial charge in [0.05, 0.1) is 0 Å². The van der Waals surface area contributed by atoms with Crippen molar-refractivity contribution < 1.29 is 9.53 Å². The number of rotatable bonds is 5. The fourth-order valence-corrected chi connectivity index (χ4v) is 3.75. The first-order chi connectivity index (χ1) is 12.3. The summed E-state index contributed by atoms with van der Waals surface area (Å²) in [6.07, 6.45) is 5.60. The van der Waals surface area contributed by atoms with Crippen LogP contribution in [0.5, 0.6) is 5.75 Å². The van der Waals surface area contributed by atoms with Crippen LogP contribution in [0.15, 0.2) is 30.5 Å². The quantitative estimate of drug-likeness (QED) is 0.878. The highest BCUT2D eigenvalue weighted by Crippen LogP contribution is 2.27. The van der Waals surface area contributed by atoms with Crippen molar-refractivity contribution in [2.45, 2.75) is 31.6 Å². The minimum Gasteiger partial charge on any atom is -0.492 e. The number of carbonyl (C=O) groups is 1. The van der Waals surface area contributed by atoms with Gasteiger partial charge < -0.3 is 10.1 Å². The predicted molar refractivity (Wildman–Crippen MR) is 95.9 cm³/mol. The van der Waals surface area contributed by atoms with E-state index in [0.717, 1.165) is 43.1 Å². The normalized spacial score (nSPS) is 20.8. The van der Waals surface area contributed by atoms with Crippen LogP contribution in [0, 0.1) is 0 Å². The Morgan fingerprint density at radius 2 is 2.24 bits per heavy atom. The summed E-state index contributed by atoms with van der Waals surface area (Å²) >= 11 is 0. The Labute approximate surface area is 147 Å². The molecule has 1 amide bonds. The fourth-order valence-electron chi connectivity index (χ4n) is 3.75. The second kappa shape index (κ2) is 7.27. The molecule has 132 valence electrons. The molecule has 1 fully saturated rings.